The third kappa shape index (κ3) is 3.57. The molecular weight excluding hydrogens is 290 g/mol. The first-order valence-electron chi connectivity index (χ1n) is 7.90. The molecule has 23 heavy (non-hydrogen) atoms. The van der Waals surface area contributed by atoms with Crippen molar-refractivity contribution in [2.45, 2.75) is 19.0 Å². The Balaban J connectivity index is 1.74. The average molecular weight is 311 g/mol. The zero-order chi connectivity index (χ0) is 16.1. The highest BCUT2D eigenvalue weighted by Gasteiger charge is 2.36. The number of nitrogens with zero attached hydrogens (tertiary/aromatic N) is 3. The number of anilines is 1. The predicted octanol–water partition coefficient (Wildman–Crippen LogP) is 1.68. The maximum atomic E-state index is 12.8. The topological polar surface area (TPSA) is 56.7 Å². The number of aromatic nitrogens is 1. The van der Waals surface area contributed by atoms with E-state index in [0.717, 1.165) is 17.7 Å². The molecule has 1 aromatic carbocycles. The summed E-state index contributed by atoms with van der Waals surface area (Å²) in [6.45, 7) is 1.85. The molecule has 0 saturated carbocycles. The van der Waals surface area contributed by atoms with Gasteiger partial charge in [-0.3, -0.25) is 14.7 Å². The van der Waals surface area contributed by atoms with E-state index in [1.54, 1.807) is 12.4 Å². The van der Waals surface area contributed by atoms with Crippen LogP contribution in [-0.4, -0.2) is 46.6 Å². The number of benzene rings is 1. The molecule has 0 aliphatic carbocycles. The fraction of sp³-hybridized carbons (Fsp3) is 0.333. The lowest BCUT2D eigenvalue weighted by Gasteiger charge is -2.27. The molecule has 1 aromatic heterocycles. The number of aliphatic hydroxyl groups is 1. The van der Waals surface area contributed by atoms with Crippen molar-refractivity contribution in [2.75, 3.05) is 24.6 Å². The van der Waals surface area contributed by atoms with E-state index in [1.165, 1.54) is 0 Å². The van der Waals surface area contributed by atoms with Crippen LogP contribution in [0.15, 0.2) is 54.9 Å². The molecule has 5 heteroatoms. The Morgan fingerprint density at radius 2 is 2.04 bits per heavy atom. The van der Waals surface area contributed by atoms with Crippen molar-refractivity contribution in [3.63, 3.8) is 0 Å². The van der Waals surface area contributed by atoms with Crippen LogP contribution in [0.2, 0.25) is 0 Å². The van der Waals surface area contributed by atoms with Gasteiger partial charge in [-0.2, -0.15) is 0 Å². The van der Waals surface area contributed by atoms with E-state index < -0.39 is 0 Å². The third-order valence-corrected chi connectivity index (χ3v) is 4.18. The molecule has 1 amide bonds. The molecule has 1 saturated heterocycles. The van der Waals surface area contributed by atoms with Gasteiger partial charge >= 0.3 is 0 Å². The van der Waals surface area contributed by atoms with Crippen LogP contribution in [-0.2, 0) is 11.3 Å². The van der Waals surface area contributed by atoms with Crippen LogP contribution >= 0.6 is 0 Å². The van der Waals surface area contributed by atoms with Gasteiger partial charge in [-0.1, -0.05) is 24.3 Å². The third-order valence-electron chi connectivity index (χ3n) is 4.18. The Morgan fingerprint density at radius 3 is 2.74 bits per heavy atom. The van der Waals surface area contributed by atoms with Gasteiger partial charge in [-0.05, 0) is 30.2 Å². The highest BCUT2D eigenvalue weighted by Crippen LogP contribution is 2.25. The smallest absolute Gasteiger partial charge is 0.244 e. The normalized spacial score (nSPS) is 17.9. The van der Waals surface area contributed by atoms with Crippen molar-refractivity contribution in [1.82, 2.24) is 9.88 Å². The number of carbonyl (C=O) groups excluding carboxylic acids is 1. The van der Waals surface area contributed by atoms with Gasteiger partial charge in [0.05, 0.1) is 12.6 Å². The lowest BCUT2D eigenvalue weighted by molar-refractivity contribution is -0.122. The molecule has 2 aromatic rings. The van der Waals surface area contributed by atoms with E-state index in [1.807, 2.05) is 52.3 Å². The van der Waals surface area contributed by atoms with Gasteiger partial charge in [0.1, 0.15) is 0 Å². The molecule has 1 atom stereocenters. The lowest BCUT2D eigenvalue weighted by Crippen LogP contribution is -2.42. The largest absolute Gasteiger partial charge is 0.395 e. The van der Waals surface area contributed by atoms with Gasteiger partial charge in [-0.25, -0.2) is 0 Å². The van der Waals surface area contributed by atoms with Crippen LogP contribution in [0.3, 0.4) is 0 Å². The Kier molecular flexibility index (Phi) is 5.00. The molecule has 1 N–H and O–H groups in total. The lowest BCUT2D eigenvalue weighted by atomic mass is 10.1. The van der Waals surface area contributed by atoms with E-state index in [9.17, 15) is 9.90 Å². The molecule has 0 spiro atoms. The quantitative estimate of drug-likeness (QED) is 0.882. The summed E-state index contributed by atoms with van der Waals surface area (Å²) < 4.78 is 0. The number of para-hydroxylation sites is 1. The van der Waals surface area contributed by atoms with Crippen molar-refractivity contribution >= 4 is 11.6 Å². The molecule has 1 aliphatic rings. The second-order valence-electron chi connectivity index (χ2n) is 5.69. The molecule has 120 valence electrons. The molecule has 1 aliphatic heterocycles. The minimum atomic E-state index is -0.192. The number of carbonyl (C=O) groups is 1. The van der Waals surface area contributed by atoms with Crippen molar-refractivity contribution in [1.29, 1.82) is 0 Å². The molecular formula is C18H21N3O2. The predicted molar refractivity (Wildman–Crippen MR) is 88.9 cm³/mol. The summed E-state index contributed by atoms with van der Waals surface area (Å²) in [4.78, 5) is 20.8. The zero-order valence-corrected chi connectivity index (χ0v) is 13.0. The van der Waals surface area contributed by atoms with E-state index in [4.69, 9.17) is 0 Å². The summed E-state index contributed by atoms with van der Waals surface area (Å²) in [5, 5.41) is 9.36. The van der Waals surface area contributed by atoms with Crippen LogP contribution in [0.25, 0.3) is 0 Å². The average Bonchev–Trinajstić information content (AvgIpc) is 2.98. The fourth-order valence-corrected chi connectivity index (χ4v) is 3.07. The minimum absolute atomic E-state index is 0.0371. The second-order valence-corrected chi connectivity index (χ2v) is 5.69. The monoisotopic (exact) mass is 311 g/mol. The van der Waals surface area contributed by atoms with Gasteiger partial charge in [0, 0.05) is 37.7 Å². The number of aliphatic hydroxyl groups excluding tert-OH is 1. The first-order chi connectivity index (χ1) is 11.3. The fourth-order valence-electron chi connectivity index (χ4n) is 3.07. The molecule has 2 heterocycles. The summed E-state index contributed by atoms with van der Waals surface area (Å²) >= 11 is 0. The molecule has 3 rings (SSSR count). The molecule has 1 unspecified atom stereocenters. The number of pyridine rings is 1. The summed E-state index contributed by atoms with van der Waals surface area (Å²) in [6, 6.07) is 13.4. The van der Waals surface area contributed by atoms with Crippen LogP contribution in [0.4, 0.5) is 5.69 Å². The standard InChI is InChI=1S/C18H21N3O2/c22-12-11-20(14-15-5-4-9-19-13-15)17-8-10-21(18(17)23)16-6-2-1-3-7-16/h1-7,9,13,17,22H,8,10-12,14H2. The van der Waals surface area contributed by atoms with Crippen LogP contribution in [0, 0.1) is 0 Å². The molecule has 0 radical (unpaired) electrons. The Bertz CT molecular complexity index is 633. The molecule has 0 bridgehead atoms. The van der Waals surface area contributed by atoms with Crippen LogP contribution < -0.4 is 4.90 Å². The molecule has 1 fully saturated rings. The number of amides is 1. The number of hydrogen-bond acceptors (Lipinski definition) is 4. The Hall–Kier alpha value is -2.24. The maximum absolute atomic E-state index is 12.8. The van der Waals surface area contributed by atoms with Crippen molar-refractivity contribution in [3.05, 3.63) is 60.4 Å². The molecule has 5 nitrogen and oxygen atoms in total. The van der Waals surface area contributed by atoms with Crippen molar-refractivity contribution < 1.29 is 9.90 Å². The first-order valence-corrected chi connectivity index (χ1v) is 7.90. The van der Waals surface area contributed by atoms with Crippen molar-refractivity contribution in [3.8, 4) is 0 Å². The van der Waals surface area contributed by atoms with E-state index >= 15 is 0 Å². The van der Waals surface area contributed by atoms with Gasteiger partial charge in [0.25, 0.3) is 0 Å². The van der Waals surface area contributed by atoms with Crippen molar-refractivity contribution in [2.24, 2.45) is 0 Å². The van der Waals surface area contributed by atoms with Gasteiger partial charge in [0.2, 0.25) is 5.91 Å². The first kappa shape index (κ1) is 15.6. The SMILES string of the molecule is O=C1C(N(CCO)Cc2cccnc2)CCN1c1ccccc1. The number of hydrogen-bond donors (Lipinski definition) is 1. The zero-order valence-electron chi connectivity index (χ0n) is 13.0. The van der Waals surface area contributed by atoms with Gasteiger partial charge in [-0.15, -0.1) is 0 Å². The Morgan fingerprint density at radius 1 is 1.22 bits per heavy atom. The maximum Gasteiger partial charge on any atom is 0.244 e. The Labute approximate surface area is 136 Å². The number of rotatable bonds is 6. The highest BCUT2D eigenvalue weighted by molar-refractivity contribution is 5.99. The highest BCUT2D eigenvalue weighted by atomic mass is 16.3. The summed E-state index contributed by atoms with van der Waals surface area (Å²) in [5.41, 5.74) is 1.98. The van der Waals surface area contributed by atoms with E-state index in [0.29, 0.717) is 19.6 Å². The summed E-state index contributed by atoms with van der Waals surface area (Å²) in [7, 11) is 0. The summed E-state index contributed by atoms with van der Waals surface area (Å²) in [6.07, 6.45) is 4.31. The van der Waals surface area contributed by atoms with E-state index in [2.05, 4.69) is 4.98 Å². The summed E-state index contributed by atoms with van der Waals surface area (Å²) in [5.74, 6) is 0.105. The minimum Gasteiger partial charge on any atom is -0.395 e. The second kappa shape index (κ2) is 7.35. The van der Waals surface area contributed by atoms with Crippen LogP contribution in [0.1, 0.15) is 12.0 Å². The van der Waals surface area contributed by atoms with Crippen LogP contribution in [0.5, 0.6) is 0 Å². The van der Waals surface area contributed by atoms with Gasteiger partial charge < -0.3 is 10.0 Å². The van der Waals surface area contributed by atoms with E-state index in [-0.39, 0.29) is 18.6 Å². The van der Waals surface area contributed by atoms with Gasteiger partial charge in [0.15, 0.2) is 0 Å².